The summed E-state index contributed by atoms with van der Waals surface area (Å²) in [6, 6.07) is 0. The molecular formula is C24H34O7. The predicted molar refractivity (Wildman–Crippen MR) is 111 cm³/mol. The van der Waals surface area contributed by atoms with E-state index in [2.05, 4.69) is 13.8 Å². The van der Waals surface area contributed by atoms with E-state index < -0.39 is 11.0 Å². The number of fused-ring (bicyclic) bond motifs is 2. The van der Waals surface area contributed by atoms with Gasteiger partial charge in [-0.3, -0.25) is 9.59 Å². The van der Waals surface area contributed by atoms with Crippen LogP contribution in [-0.2, 0) is 33.3 Å². The van der Waals surface area contributed by atoms with E-state index in [1.807, 2.05) is 0 Å². The van der Waals surface area contributed by atoms with Crippen LogP contribution in [0, 0.1) is 22.7 Å². The molecular weight excluding hydrogens is 400 g/mol. The van der Waals surface area contributed by atoms with Crippen molar-refractivity contribution < 1.29 is 33.3 Å². The fourth-order valence-electron chi connectivity index (χ4n) is 6.79. The molecule has 3 fully saturated rings. The number of hydrogen-bond donors (Lipinski definition) is 0. The van der Waals surface area contributed by atoms with Crippen molar-refractivity contribution in [1.29, 1.82) is 0 Å². The summed E-state index contributed by atoms with van der Waals surface area (Å²) in [6.07, 6.45) is 6.54. The fourth-order valence-corrected chi connectivity index (χ4v) is 6.79. The van der Waals surface area contributed by atoms with Gasteiger partial charge in [-0.05, 0) is 54.9 Å². The Labute approximate surface area is 183 Å². The maximum Gasteiger partial charge on any atom is 0.331 e. The lowest BCUT2D eigenvalue weighted by Gasteiger charge is -2.63. The first-order valence-corrected chi connectivity index (χ1v) is 11.4. The Bertz CT molecular complexity index is 798. The second-order valence-corrected chi connectivity index (χ2v) is 10.2. The van der Waals surface area contributed by atoms with Crippen LogP contribution in [0.25, 0.3) is 0 Å². The molecule has 172 valence electrons. The molecule has 31 heavy (non-hydrogen) atoms. The number of carbonyl (C=O) groups excluding carboxylic acids is 3. The lowest BCUT2D eigenvalue weighted by Crippen LogP contribution is -2.67. The van der Waals surface area contributed by atoms with E-state index in [1.165, 1.54) is 13.8 Å². The number of ether oxygens (including phenoxy) is 4. The van der Waals surface area contributed by atoms with Crippen molar-refractivity contribution in [3.05, 3.63) is 11.6 Å². The van der Waals surface area contributed by atoms with Gasteiger partial charge >= 0.3 is 17.9 Å². The van der Waals surface area contributed by atoms with Crippen LogP contribution < -0.4 is 0 Å². The molecule has 0 aromatic heterocycles. The minimum Gasteiger partial charge on any atom is -0.465 e. The molecule has 4 rings (SSSR count). The van der Waals surface area contributed by atoms with Crippen LogP contribution in [0.5, 0.6) is 0 Å². The molecule has 2 saturated carbocycles. The van der Waals surface area contributed by atoms with E-state index in [4.69, 9.17) is 18.9 Å². The molecule has 0 aromatic rings. The van der Waals surface area contributed by atoms with Crippen LogP contribution in [0.3, 0.4) is 0 Å². The zero-order valence-electron chi connectivity index (χ0n) is 19.0. The fraction of sp³-hybridized carbons (Fsp3) is 0.792. The van der Waals surface area contributed by atoms with Gasteiger partial charge in [-0.2, -0.15) is 0 Å². The van der Waals surface area contributed by atoms with Gasteiger partial charge in [0, 0.05) is 19.9 Å². The SMILES string of the molecule is CC(=O)OC[C@@]12[C@H](CCC[C@@]13CO3)[C@@](C)(CCC1=CC(=O)OC1)[C@H](C)C[C@H]2OC(C)=O. The average molecular weight is 435 g/mol. The van der Waals surface area contributed by atoms with E-state index in [1.54, 1.807) is 6.08 Å². The first-order valence-electron chi connectivity index (χ1n) is 11.4. The van der Waals surface area contributed by atoms with Crippen molar-refractivity contribution in [3.63, 3.8) is 0 Å². The van der Waals surface area contributed by atoms with Crippen molar-refractivity contribution in [2.75, 3.05) is 19.8 Å². The van der Waals surface area contributed by atoms with E-state index >= 15 is 0 Å². The van der Waals surface area contributed by atoms with Gasteiger partial charge in [0.15, 0.2) is 0 Å². The van der Waals surface area contributed by atoms with Gasteiger partial charge in [0.05, 0.1) is 12.0 Å². The number of epoxide rings is 1. The van der Waals surface area contributed by atoms with E-state index in [-0.39, 0.29) is 42.0 Å². The largest absolute Gasteiger partial charge is 0.465 e. The first-order chi connectivity index (χ1) is 14.6. The Morgan fingerprint density at radius 3 is 2.58 bits per heavy atom. The Morgan fingerprint density at radius 1 is 1.26 bits per heavy atom. The number of hydrogen-bond acceptors (Lipinski definition) is 7. The summed E-state index contributed by atoms with van der Waals surface area (Å²) < 4.78 is 22.8. The molecule has 0 amide bonds. The second-order valence-electron chi connectivity index (χ2n) is 10.2. The zero-order valence-corrected chi connectivity index (χ0v) is 19.0. The van der Waals surface area contributed by atoms with Crippen LogP contribution >= 0.6 is 0 Å². The molecule has 0 radical (unpaired) electrons. The second kappa shape index (κ2) is 7.91. The third-order valence-corrected chi connectivity index (χ3v) is 8.63. The Hall–Kier alpha value is -1.89. The number of rotatable bonds is 6. The van der Waals surface area contributed by atoms with Crippen LogP contribution in [-0.4, -0.2) is 49.4 Å². The molecule has 0 unspecified atom stereocenters. The van der Waals surface area contributed by atoms with Crippen molar-refractivity contribution >= 4 is 17.9 Å². The maximum absolute atomic E-state index is 12.1. The van der Waals surface area contributed by atoms with Crippen LogP contribution in [0.4, 0.5) is 0 Å². The summed E-state index contributed by atoms with van der Waals surface area (Å²) in [5.41, 5.74) is -0.0131. The molecule has 1 spiro atoms. The highest BCUT2D eigenvalue weighted by molar-refractivity contribution is 5.85. The average Bonchev–Trinajstić information content (AvgIpc) is 3.35. The van der Waals surface area contributed by atoms with E-state index in [0.29, 0.717) is 25.6 Å². The summed E-state index contributed by atoms with van der Waals surface area (Å²) in [6.45, 7) is 8.60. The van der Waals surface area contributed by atoms with E-state index in [0.717, 1.165) is 37.7 Å². The van der Waals surface area contributed by atoms with Gasteiger partial charge in [0.1, 0.15) is 24.9 Å². The van der Waals surface area contributed by atoms with Gasteiger partial charge < -0.3 is 18.9 Å². The molecule has 6 atom stereocenters. The number of cyclic esters (lactones) is 1. The zero-order chi connectivity index (χ0) is 22.4. The molecule has 2 aliphatic carbocycles. The van der Waals surface area contributed by atoms with Crippen molar-refractivity contribution in [3.8, 4) is 0 Å². The quantitative estimate of drug-likeness (QED) is 0.360. The lowest BCUT2D eigenvalue weighted by molar-refractivity contribution is -0.228. The molecule has 2 aliphatic heterocycles. The minimum atomic E-state index is -0.555. The Balaban J connectivity index is 1.71. The number of esters is 3. The molecule has 4 aliphatic rings. The Morgan fingerprint density at radius 2 is 2.00 bits per heavy atom. The van der Waals surface area contributed by atoms with Gasteiger partial charge in [-0.1, -0.05) is 20.3 Å². The number of carbonyl (C=O) groups is 3. The molecule has 0 N–H and O–H groups in total. The Kier molecular flexibility index (Phi) is 5.69. The van der Waals surface area contributed by atoms with Gasteiger partial charge in [-0.15, -0.1) is 0 Å². The summed E-state index contributed by atoms with van der Waals surface area (Å²) in [5.74, 6) is -0.445. The van der Waals surface area contributed by atoms with Gasteiger partial charge in [0.2, 0.25) is 0 Å². The van der Waals surface area contributed by atoms with E-state index in [9.17, 15) is 14.4 Å². The highest BCUT2D eigenvalue weighted by Gasteiger charge is 2.74. The standard InChI is InChI=1S/C24H34O7/c1-15-10-20(31-17(3)26)24(14-29-16(2)25)19(6-5-8-23(24)13-30-23)22(15,4)9-7-18-11-21(27)28-12-18/h11,15,19-20H,5-10,12-14H2,1-4H3/t15-,19-,20-,22+,23-,24+/m1/s1. The summed E-state index contributed by atoms with van der Waals surface area (Å²) >= 11 is 0. The van der Waals surface area contributed by atoms with Crippen LogP contribution in [0.2, 0.25) is 0 Å². The molecule has 7 nitrogen and oxygen atoms in total. The van der Waals surface area contributed by atoms with Gasteiger partial charge in [0.25, 0.3) is 0 Å². The highest BCUT2D eigenvalue weighted by Crippen LogP contribution is 2.69. The van der Waals surface area contributed by atoms with Crippen LogP contribution in [0.1, 0.15) is 66.2 Å². The van der Waals surface area contributed by atoms with Crippen molar-refractivity contribution in [2.24, 2.45) is 22.7 Å². The topological polar surface area (TPSA) is 91.4 Å². The minimum absolute atomic E-state index is 0.0807. The summed E-state index contributed by atoms with van der Waals surface area (Å²) in [5, 5.41) is 0. The molecule has 0 aromatic carbocycles. The summed E-state index contributed by atoms with van der Waals surface area (Å²) in [4.78, 5) is 35.4. The van der Waals surface area contributed by atoms with Crippen LogP contribution in [0.15, 0.2) is 11.6 Å². The highest BCUT2D eigenvalue weighted by atomic mass is 16.6. The first kappa shape index (κ1) is 22.3. The predicted octanol–water partition coefficient (Wildman–Crippen LogP) is 3.35. The molecule has 7 heteroatoms. The maximum atomic E-state index is 12.1. The molecule has 1 saturated heterocycles. The normalized spacial score (nSPS) is 41.2. The monoisotopic (exact) mass is 434 g/mol. The third-order valence-electron chi connectivity index (χ3n) is 8.63. The van der Waals surface area contributed by atoms with Crippen molar-refractivity contribution in [2.45, 2.75) is 77.9 Å². The van der Waals surface area contributed by atoms with Gasteiger partial charge in [-0.25, -0.2) is 4.79 Å². The molecule has 0 bridgehead atoms. The van der Waals surface area contributed by atoms with Crippen molar-refractivity contribution in [1.82, 2.24) is 0 Å². The molecule has 2 heterocycles. The lowest BCUT2D eigenvalue weighted by atomic mass is 9.43. The smallest absolute Gasteiger partial charge is 0.331 e. The summed E-state index contributed by atoms with van der Waals surface area (Å²) in [7, 11) is 0. The third kappa shape index (κ3) is 3.69.